The zero-order valence-corrected chi connectivity index (χ0v) is 6.82. The first kappa shape index (κ1) is 7.63. The van der Waals surface area contributed by atoms with Crippen LogP contribution < -0.4 is 0 Å². The van der Waals surface area contributed by atoms with Gasteiger partial charge in [0, 0.05) is 0 Å². The lowest BCUT2D eigenvalue weighted by atomic mass is 10.00. The highest BCUT2D eigenvalue weighted by atomic mass is 14.2. The highest BCUT2D eigenvalue weighted by Gasteiger charge is 2.14. The minimum Gasteiger partial charge on any atom is -0.130 e. The third kappa shape index (κ3) is 2.04. The third-order valence-electron chi connectivity index (χ3n) is 2.37. The van der Waals surface area contributed by atoms with Crippen LogP contribution in [0.5, 0.6) is 0 Å². The van der Waals surface area contributed by atoms with Gasteiger partial charge in [0.05, 0.1) is 0 Å². The summed E-state index contributed by atoms with van der Waals surface area (Å²) in [6.07, 6.45) is 6.98. The highest BCUT2D eigenvalue weighted by molar-refractivity contribution is 4.96. The molecule has 0 aliphatic heterocycles. The molecule has 0 saturated heterocycles. The fourth-order valence-corrected chi connectivity index (χ4v) is 1.72. The Balaban J connectivity index is 2.30. The van der Waals surface area contributed by atoms with Crippen molar-refractivity contribution in [1.82, 2.24) is 0 Å². The quantitative estimate of drug-likeness (QED) is 0.511. The van der Waals surface area contributed by atoms with Crippen LogP contribution in [0.3, 0.4) is 0 Å². The minimum absolute atomic E-state index is 0.953. The van der Waals surface area contributed by atoms with Crippen LogP contribution in [0, 0.1) is 5.92 Å². The van der Waals surface area contributed by atoms with E-state index in [1.807, 2.05) is 0 Å². The number of allylic oxidation sites excluding steroid dienone is 1. The van der Waals surface area contributed by atoms with Crippen molar-refractivity contribution in [3.8, 4) is 0 Å². The van der Waals surface area contributed by atoms with Gasteiger partial charge < -0.3 is 0 Å². The third-order valence-corrected chi connectivity index (χ3v) is 2.37. The Labute approximate surface area is 63.6 Å². The van der Waals surface area contributed by atoms with Crippen molar-refractivity contribution in [2.75, 3.05) is 0 Å². The lowest BCUT2D eigenvalue weighted by molar-refractivity contribution is 0.544. The Bertz CT molecular complexity index is 143. The summed E-state index contributed by atoms with van der Waals surface area (Å²) in [5.41, 5.74) is 4.30. The summed E-state index contributed by atoms with van der Waals surface area (Å²) < 4.78 is 0. The lowest BCUT2D eigenvalue weighted by Gasteiger charge is -2.05. The molecule has 1 rings (SSSR count). The Kier molecular flexibility index (Phi) is 2.77. The minimum atomic E-state index is 0.953. The lowest BCUT2D eigenvalue weighted by Crippen LogP contribution is -1.92. The normalized spacial score (nSPS) is 18.9. The van der Waals surface area contributed by atoms with E-state index < -0.39 is 0 Å². The van der Waals surface area contributed by atoms with Gasteiger partial charge in [-0.1, -0.05) is 32.3 Å². The van der Waals surface area contributed by atoms with E-state index >= 15 is 0 Å². The van der Waals surface area contributed by atoms with Gasteiger partial charge in [-0.15, -0.1) is 5.73 Å². The molecule has 0 nitrogen and oxygen atoms in total. The van der Waals surface area contributed by atoms with Gasteiger partial charge in [0.15, 0.2) is 0 Å². The molecule has 0 heterocycles. The van der Waals surface area contributed by atoms with Crippen molar-refractivity contribution in [3.63, 3.8) is 0 Å². The molecule has 1 aliphatic rings. The van der Waals surface area contributed by atoms with E-state index in [9.17, 15) is 0 Å². The van der Waals surface area contributed by atoms with Gasteiger partial charge in [0.25, 0.3) is 0 Å². The van der Waals surface area contributed by atoms with Gasteiger partial charge in [0.1, 0.15) is 0 Å². The molecule has 0 aromatic rings. The molecule has 10 heavy (non-hydrogen) atoms. The average Bonchev–Trinajstić information content (AvgIpc) is 2.40. The van der Waals surface area contributed by atoms with Gasteiger partial charge >= 0.3 is 0 Å². The largest absolute Gasteiger partial charge is 0.130 e. The monoisotopic (exact) mass is 136 g/mol. The maximum atomic E-state index is 3.64. The van der Waals surface area contributed by atoms with Crippen molar-refractivity contribution in [2.45, 2.75) is 39.0 Å². The van der Waals surface area contributed by atoms with Gasteiger partial charge in [-0.2, -0.15) is 0 Å². The first-order valence-electron chi connectivity index (χ1n) is 4.18. The van der Waals surface area contributed by atoms with E-state index in [0.29, 0.717) is 0 Å². The second-order valence-electron chi connectivity index (χ2n) is 3.31. The molecule has 56 valence electrons. The predicted octanol–water partition coefficient (Wildman–Crippen LogP) is 3.30. The van der Waals surface area contributed by atoms with E-state index in [2.05, 4.69) is 19.2 Å². The smallest absolute Gasteiger partial charge is 0.0218 e. The molecule has 0 radical (unpaired) electrons. The van der Waals surface area contributed by atoms with Crippen LogP contribution >= 0.6 is 0 Å². The standard InChI is InChI=1S/C10H16/c1-3-9(2)8-10-6-4-5-7-10/h10H,1,4-8H2,2H3. The van der Waals surface area contributed by atoms with Crippen LogP contribution in [-0.4, -0.2) is 0 Å². The molecule has 0 atom stereocenters. The summed E-state index contributed by atoms with van der Waals surface area (Å²) in [6, 6.07) is 0. The fourth-order valence-electron chi connectivity index (χ4n) is 1.72. The van der Waals surface area contributed by atoms with Gasteiger partial charge in [-0.25, -0.2) is 0 Å². The van der Waals surface area contributed by atoms with Crippen molar-refractivity contribution in [1.29, 1.82) is 0 Å². The van der Waals surface area contributed by atoms with Crippen LogP contribution in [0.25, 0.3) is 0 Å². The molecule has 0 aromatic carbocycles. The van der Waals surface area contributed by atoms with E-state index in [1.165, 1.54) is 37.7 Å². The Morgan fingerprint density at radius 2 is 2.10 bits per heavy atom. The van der Waals surface area contributed by atoms with Crippen molar-refractivity contribution >= 4 is 0 Å². The van der Waals surface area contributed by atoms with Gasteiger partial charge in [-0.3, -0.25) is 0 Å². The van der Waals surface area contributed by atoms with Crippen molar-refractivity contribution in [3.05, 3.63) is 17.9 Å². The van der Waals surface area contributed by atoms with E-state index in [4.69, 9.17) is 0 Å². The number of rotatable bonds is 2. The summed E-state index contributed by atoms with van der Waals surface area (Å²) in [7, 11) is 0. The molecular weight excluding hydrogens is 120 g/mol. The Morgan fingerprint density at radius 1 is 1.50 bits per heavy atom. The van der Waals surface area contributed by atoms with Crippen LogP contribution in [0.2, 0.25) is 0 Å². The second-order valence-corrected chi connectivity index (χ2v) is 3.31. The first-order valence-corrected chi connectivity index (χ1v) is 4.18. The topological polar surface area (TPSA) is 0 Å². The SMILES string of the molecule is C=C=C(C)CC1CCCC1. The van der Waals surface area contributed by atoms with Gasteiger partial charge in [-0.05, 0) is 24.8 Å². The average molecular weight is 136 g/mol. The Hall–Kier alpha value is -0.480. The maximum Gasteiger partial charge on any atom is -0.0218 e. The molecular formula is C10H16. The second kappa shape index (κ2) is 3.63. The van der Waals surface area contributed by atoms with Crippen LogP contribution in [0.1, 0.15) is 39.0 Å². The molecule has 0 spiro atoms. The molecule has 1 fully saturated rings. The molecule has 0 amide bonds. The van der Waals surface area contributed by atoms with Crippen molar-refractivity contribution in [2.24, 2.45) is 5.92 Å². The van der Waals surface area contributed by atoms with E-state index in [1.54, 1.807) is 0 Å². The molecule has 0 aromatic heterocycles. The van der Waals surface area contributed by atoms with E-state index in [-0.39, 0.29) is 0 Å². The van der Waals surface area contributed by atoms with Gasteiger partial charge in [0.2, 0.25) is 0 Å². The molecule has 1 saturated carbocycles. The van der Waals surface area contributed by atoms with Crippen LogP contribution in [0.4, 0.5) is 0 Å². The summed E-state index contributed by atoms with van der Waals surface area (Å²) in [6.45, 7) is 5.77. The van der Waals surface area contributed by atoms with Crippen LogP contribution in [-0.2, 0) is 0 Å². The van der Waals surface area contributed by atoms with Crippen LogP contribution in [0.15, 0.2) is 17.9 Å². The number of hydrogen-bond donors (Lipinski definition) is 0. The zero-order chi connectivity index (χ0) is 7.40. The first-order chi connectivity index (χ1) is 4.83. The van der Waals surface area contributed by atoms with E-state index in [0.717, 1.165) is 5.92 Å². The zero-order valence-electron chi connectivity index (χ0n) is 6.82. The molecule has 1 aliphatic carbocycles. The Morgan fingerprint density at radius 3 is 2.60 bits per heavy atom. The molecule has 0 heteroatoms. The highest BCUT2D eigenvalue weighted by Crippen LogP contribution is 2.29. The van der Waals surface area contributed by atoms with Crippen molar-refractivity contribution < 1.29 is 0 Å². The number of hydrogen-bond acceptors (Lipinski definition) is 0. The summed E-state index contributed by atoms with van der Waals surface area (Å²) in [5.74, 6) is 0.953. The fraction of sp³-hybridized carbons (Fsp3) is 0.700. The summed E-state index contributed by atoms with van der Waals surface area (Å²) >= 11 is 0. The summed E-state index contributed by atoms with van der Waals surface area (Å²) in [4.78, 5) is 0. The molecule has 0 bridgehead atoms. The maximum absolute atomic E-state index is 3.64. The predicted molar refractivity (Wildman–Crippen MR) is 44.9 cm³/mol. The molecule has 0 unspecified atom stereocenters. The molecule has 0 N–H and O–H groups in total. The summed E-state index contributed by atoms with van der Waals surface area (Å²) in [5, 5.41) is 0.